The third-order valence-electron chi connectivity index (χ3n) is 7.50. The van der Waals surface area contributed by atoms with E-state index in [1.54, 1.807) is 26.8 Å². The second kappa shape index (κ2) is 9.72. The van der Waals surface area contributed by atoms with Gasteiger partial charge in [0.05, 0.1) is 5.41 Å². The molecule has 0 amide bonds. The van der Waals surface area contributed by atoms with E-state index in [9.17, 15) is 19.2 Å². The zero-order valence-electron chi connectivity index (χ0n) is 21.0. The van der Waals surface area contributed by atoms with Gasteiger partial charge in [0, 0.05) is 18.1 Å². The molecular weight excluding hydrogens is 436 g/mol. The number of rotatable bonds is 3. The molecule has 1 aliphatic heterocycles. The molecule has 2 aliphatic carbocycles. The first-order chi connectivity index (χ1) is 15.9. The lowest BCUT2D eigenvalue weighted by Crippen LogP contribution is -2.57. The van der Waals surface area contributed by atoms with Crippen molar-refractivity contribution >= 4 is 23.7 Å². The Bertz CT molecular complexity index is 1040. The van der Waals surface area contributed by atoms with Crippen molar-refractivity contribution in [2.45, 2.75) is 86.0 Å². The highest BCUT2D eigenvalue weighted by Gasteiger charge is 2.57. The number of carbonyl (C=O) groups excluding carboxylic acids is 4. The summed E-state index contributed by atoms with van der Waals surface area (Å²) in [6.07, 6.45) is 4.21. The van der Waals surface area contributed by atoms with Gasteiger partial charge in [-0.1, -0.05) is 24.1 Å². The Morgan fingerprint density at radius 2 is 1.82 bits per heavy atom. The van der Waals surface area contributed by atoms with Crippen molar-refractivity contribution in [3.05, 3.63) is 46.1 Å². The Morgan fingerprint density at radius 1 is 1.15 bits per heavy atom. The van der Waals surface area contributed by atoms with Crippen molar-refractivity contribution in [3.63, 3.8) is 0 Å². The molecule has 0 aromatic heterocycles. The molecule has 0 unspecified atom stereocenters. The van der Waals surface area contributed by atoms with Crippen molar-refractivity contribution in [1.82, 2.24) is 0 Å². The van der Waals surface area contributed by atoms with Crippen LogP contribution >= 0.6 is 0 Å². The van der Waals surface area contributed by atoms with Gasteiger partial charge < -0.3 is 14.2 Å². The van der Waals surface area contributed by atoms with Gasteiger partial charge in [0.15, 0.2) is 11.9 Å². The van der Waals surface area contributed by atoms with Crippen molar-refractivity contribution in [3.8, 4) is 0 Å². The lowest BCUT2D eigenvalue weighted by molar-refractivity contribution is -0.181. The zero-order chi connectivity index (χ0) is 25.4. The summed E-state index contributed by atoms with van der Waals surface area (Å²) in [6, 6.07) is 0. The molecule has 7 nitrogen and oxygen atoms in total. The Morgan fingerprint density at radius 3 is 2.44 bits per heavy atom. The Labute approximate surface area is 200 Å². The van der Waals surface area contributed by atoms with Crippen LogP contribution in [-0.2, 0) is 33.4 Å². The molecule has 0 aromatic carbocycles. The van der Waals surface area contributed by atoms with Crippen molar-refractivity contribution < 1.29 is 33.4 Å². The molecule has 7 heteroatoms. The summed E-state index contributed by atoms with van der Waals surface area (Å²) in [7, 11) is 0. The van der Waals surface area contributed by atoms with Gasteiger partial charge in [-0.2, -0.15) is 0 Å². The molecular formula is C27H34O7. The van der Waals surface area contributed by atoms with Crippen LogP contribution in [0.1, 0.15) is 67.7 Å². The first-order valence-electron chi connectivity index (χ1n) is 11.7. The summed E-state index contributed by atoms with van der Waals surface area (Å²) >= 11 is 0. The van der Waals surface area contributed by atoms with Crippen molar-refractivity contribution in [2.24, 2.45) is 11.3 Å². The van der Waals surface area contributed by atoms with E-state index in [0.29, 0.717) is 30.4 Å². The van der Waals surface area contributed by atoms with E-state index in [2.05, 4.69) is 0 Å². The van der Waals surface area contributed by atoms with Crippen molar-refractivity contribution in [1.29, 1.82) is 0 Å². The van der Waals surface area contributed by atoms with Crippen LogP contribution in [0.5, 0.6) is 0 Å². The molecule has 0 saturated carbocycles. The molecule has 0 bridgehead atoms. The summed E-state index contributed by atoms with van der Waals surface area (Å²) in [6.45, 7) is 12.1. The molecule has 0 fully saturated rings. The van der Waals surface area contributed by atoms with Crippen LogP contribution in [0.4, 0.5) is 0 Å². The van der Waals surface area contributed by atoms with Gasteiger partial charge in [0.1, 0.15) is 12.2 Å². The van der Waals surface area contributed by atoms with E-state index in [1.807, 2.05) is 26.8 Å². The minimum atomic E-state index is -1.12. The molecule has 0 saturated heterocycles. The van der Waals surface area contributed by atoms with E-state index >= 15 is 0 Å². The van der Waals surface area contributed by atoms with Crippen molar-refractivity contribution in [2.75, 3.05) is 0 Å². The molecule has 0 N–H and O–H groups in total. The van der Waals surface area contributed by atoms with Crippen LogP contribution in [-0.4, -0.2) is 42.0 Å². The average Bonchev–Trinajstić information content (AvgIpc) is 3.02. The van der Waals surface area contributed by atoms with Gasteiger partial charge in [-0.3, -0.25) is 9.59 Å². The quantitative estimate of drug-likeness (QED) is 0.262. The number of ether oxygens (including phenoxy) is 3. The maximum atomic E-state index is 13.2. The topological polar surface area (TPSA) is 96.0 Å². The monoisotopic (exact) mass is 470 g/mol. The van der Waals surface area contributed by atoms with Gasteiger partial charge >= 0.3 is 17.9 Å². The number of hydrogen-bond acceptors (Lipinski definition) is 7. The lowest BCUT2D eigenvalue weighted by Gasteiger charge is -2.49. The lowest BCUT2D eigenvalue weighted by atomic mass is 9.59. The highest BCUT2D eigenvalue weighted by atomic mass is 16.6. The minimum absolute atomic E-state index is 0.327. The molecule has 1 heterocycles. The highest BCUT2D eigenvalue weighted by molar-refractivity contribution is 5.97. The first kappa shape index (κ1) is 25.7. The van der Waals surface area contributed by atoms with Gasteiger partial charge in [-0.15, -0.1) is 0 Å². The van der Waals surface area contributed by atoms with Crippen LogP contribution in [0.2, 0.25) is 0 Å². The smallest absolute Gasteiger partial charge is 0.334 e. The molecule has 5 atom stereocenters. The first-order valence-corrected chi connectivity index (χ1v) is 11.7. The number of esters is 3. The number of fused-ring (bicyclic) bond motifs is 2. The van der Waals surface area contributed by atoms with E-state index in [-0.39, 0.29) is 17.7 Å². The van der Waals surface area contributed by atoms with E-state index in [1.165, 1.54) is 13.0 Å². The number of ketones is 1. The second-order valence-electron chi connectivity index (χ2n) is 9.80. The van der Waals surface area contributed by atoms with Crippen LogP contribution in [0.25, 0.3) is 0 Å². The Kier molecular flexibility index (Phi) is 7.34. The summed E-state index contributed by atoms with van der Waals surface area (Å²) in [5, 5.41) is 0. The minimum Gasteiger partial charge on any atom is -0.458 e. The van der Waals surface area contributed by atoms with Gasteiger partial charge in [0.25, 0.3) is 0 Å². The Balaban J connectivity index is 2.22. The number of allylic oxidation sites excluding steroid dienone is 3. The molecule has 0 spiro atoms. The largest absolute Gasteiger partial charge is 0.458 e. The van der Waals surface area contributed by atoms with Crippen LogP contribution in [0.15, 0.2) is 46.1 Å². The maximum absolute atomic E-state index is 13.2. The number of carbonyl (C=O) groups is 4. The molecule has 0 radical (unpaired) electrons. The number of hydrogen-bond donors (Lipinski definition) is 0. The van der Waals surface area contributed by atoms with Gasteiger partial charge in [-0.05, 0) is 77.5 Å². The highest BCUT2D eigenvalue weighted by Crippen LogP contribution is 2.51. The van der Waals surface area contributed by atoms with Gasteiger partial charge in [-0.25, -0.2) is 9.59 Å². The molecule has 184 valence electrons. The normalized spacial score (nSPS) is 33.7. The fraction of sp³-hybridized carbons (Fsp3) is 0.556. The third kappa shape index (κ3) is 4.65. The molecule has 3 rings (SSSR count). The average molecular weight is 471 g/mol. The fourth-order valence-electron chi connectivity index (χ4n) is 5.29. The SMILES string of the molecule is C/C=C(\C)C(=O)O[C@H]1CC/C(C)=C\[C@@H]2OC(=O)C(C)=C2C[C@H]2C(C)=CC(=O)[C@H](OC(C)=O)[C@]12C. The van der Waals surface area contributed by atoms with Crippen LogP contribution in [0, 0.1) is 11.3 Å². The standard InChI is InChI=1S/C27H34O7/c1-8-15(3)25(30)34-23-10-9-14(2)11-22-19(17(5)26(31)33-22)13-20-16(4)12-21(29)24(27(20,23)7)32-18(6)28/h8,11-12,20,22-24H,9-10,13H2,1-7H3/b14-11-,15-8+/t20-,22-,23-,24-,27-/m0/s1. The Hall–Kier alpha value is -2.96. The van der Waals surface area contributed by atoms with Crippen LogP contribution in [0.3, 0.4) is 0 Å². The second-order valence-corrected chi connectivity index (χ2v) is 9.80. The summed E-state index contributed by atoms with van der Waals surface area (Å²) in [4.78, 5) is 50.5. The zero-order valence-corrected chi connectivity index (χ0v) is 21.0. The summed E-state index contributed by atoms with van der Waals surface area (Å²) in [5.41, 5.74) is 2.56. The predicted octanol–water partition coefficient (Wildman–Crippen LogP) is 4.32. The fourth-order valence-corrected chi connectivity index (χ4v) is 5.29. The maximum Gasteiger partial charge on any atom is 0.334 e. The van der Waals surface area contributed by atoms with Gasteiger partial charge in [0.2, 0.25) is 0 Å². The molecule has 34 heavy (non-hydrogen) atoms. The van der Waals surface area contributed by atoms with E-state index < -0.39 is 35.7 Å². The van der Waals surface area contributed by atoms with Crippen LogP contribution < -0.4 is 0 Å². The summed E-state index contributed by atoms with van der Waals surface area (Å²) < 4.78 is 17.3. The predicted molar refractivity (Wildman–Crippen MR) is 125 cm³/mol. The third-order valence-corrected chi connectivity index (χ3v) is 7.50. The summed E-state index contributed by atoms with van der Waals surface area (Å²) in [5.74, 6) is -2.07. The van der Waals surface area contributed by atoms with E-state index in [0.717, 1.165) is 16.7 Å². The van der Waals surface area contributed by atoms with E-state index in [4.69, 9.17) is 14.2 Å². The molecule has 3 aliphatic rings. The molecule has 0 aromatic rings.